The minimum absolute atomic E-state index is 0.00850. The van der Waals surface area contributed by atoms with Crippen molar-refractivity contribution in [3.63, 3.8) is 0 Å². The number of H-pyrrole nitrogens is 1. The van der Waals surface area contributed by atoms with E-state index in [1.165, 1.54) is 6.42 Å². The molecule has 2 saturated carbocycles. The van der Waals surface area contributed by atoms with E-state index < -0.39 is 6.04 Å². The van der Waals surface area contributed by atoms with Gasteiger partial charge in [-0.05, 0) is 124 Å². The molecule has 4 amide bonds. The monoisotopic (exact) mass is 808 g/mol. The van der Waals surface area contributed by atoms with E-state index in [0.29, 0.717) is 13.1 Å². The molecule has 2 aromatic carbocycles. The minimum Gasteiger partial charge on any atom is -0.457 e. The van der Waals surface area contributed by atoms with Gasteiger partial charge in [0, 0.05) is 43.3 Å². The van der Waals surface area contributed by atoms with Crippen LogP contribution in [0.25, 0.3) is 16.8 Å². The molecule has 1 aliphatic heterocycles. The Hall–Kier alpha value is -5.26. The molecule has 4 N–H and O–H groups in total. The molecule has 318 valence electrons. The number of carbonyl (C=O) groups excluding carboxylic acids is 4. The Balaban J connectivity index is 0.00000214. The molecule has 59 heavy (non-hydrogen) atoms. The van der Waals surface area contributed by atoms with Crippen LogP contribution in [-0.2, 0) is 25.6 Å². The van der Waals surface area contributed by atoms with Gasteiger partial charge in [-0.15, -0.1) is 0 Å². The van der Waals surface area contributed by atoms with Gasteiger partial charge in [0.15, 0.2) is 0 Å². The molecule has 1 saturated heterocycles. The molecule has 2 unspecified atom stereocenters. The summed E-state index contributed by atoms with van der Waals surface area (Å²) in [5.74, 6) is 2.36. The third kappa shape index (κ3) is 13.6. The number of imidazole rings is 1. The second kappa shape index (κ2) is 22.2. The van der Waals surface area contributed by atoms with E-state index in [1.54, 1.807) is 0 Å². The lowest BCUT2D eigenvalue weighted by Crippen LogP contribution is -2.50. The standard InChI is InChI=1S/C44H57N7O5.C3H8/c1-5-30(25-46-29(4)38-9-8-24-51(38)40(52)27-48-42(53)33-11-12-33)31-15-19-35(20-16-31)56-36-21-17-32(18-22-36)37-26-47-39(49-37)10-6-7-23-45-44(55)41(28(2)3)50-43(54)34-13-14-34;1-3-2/h15-22,25-26,28,33-34,38,41H,5-14,23-24,27H2,1-4H3,(H,45,55)(H,47,49)(H,48,53)(H,50,54);3H2,1-2H3/b30-25+,46-29?;. The summed E-state index contributed by atoms with van der Waals surface area (Å²) in [5.41, 5.74) is 4.98. The largest absolute Gasteiger partial charge is 0.457 e. The highest BCUT2D eigenvalue weighted by Crippen LogP contribution is 2.30. The molecular formula is C47H65N7O5. The molecular weight excluding hydrogens is 743 g/mol. The lowest BCUT2D eigenvalue weighted by atomic mass is 10.0. The number of aryl methyl sites for hydroxylation is 1. The van der Waals surface area contributed by atoms with Crippen LogP contribution in [0, 0.1) is 17.8 Å². The van der Waals surface area contributed by atoms with Crippen molar-refractivity contribution in [3.8, 4) is 22.8 Å². The number of hydrogen-bond donors (Lipinski definition) is 4. The van der Waals surface area contributed by atoms with Crippen LogP contribution in [-0.4, -0.2) is 75.9 Å². The molecule has 0 radical (unpaired) electrons. The van der Waals surface area contributed by atoms with Crippen molar-refractivity contribution in [2.75, 3.05) is 19.6 Å². The number of ether oxygens (including phenoxy) is 1. The number of amides is 4. The second-order valence-corrected chi connectivity index (χ2v) is 16.4. The van der Waals surface area contributed by atoms with Crippen molar-refractivity contribution >= 4 is 34.9 Å². The summed E-state index contributed by atoms with van der Waals surface area (Å²) >= 11 is 0. The van der Waals surface area contributed by atoms with E-state index in [4.69, 9.17) is 9.73 Å². The maximum Gasteiger partial charge on any atom is 0.242 e. The molecule has 0 spiro atoms. The van der Waals surface area contributed by atoms with Crippen LogP contribution in [0.3, 0.4) is 0 Å². The summed E-state index contributed by atoms with van der Waals surface area (Å²) in [6, 6.07) is 15.3. The Bertz CT molecular complexity index is 1910. The number of aliphatic imine (C=N–C) groups is 1. The second-order valence-electron chi connectivity index (χ2n) is 16.4. The third-order valence-corrected chi connectivity index (χ3v) is 10.8. The first kappa shape index (κ1) is 44.8. The molecule has 0 bridgehead atoms. The van der Waals surface area contributed by atoms with E-state index in [9.17, 15) is 19.2 Å². The number of nitrogens with one attached hydrogen (secondary N) is 4. The van der Waals surface area contributed by atoms with Gasteiger partial charge in [-0.2, -0.15) is 0 Å². The molecule has 2 aliphatic carbocycles. The van der Waals surface area contributed by atoms with E-state index in [-0.39, 0.29) is 54.0 Å². The van der Waals surface area contributed by atoms with Crippen molar-refractivity contribution in [2.24, 2.45) is 22.7 Å². The molecule has 3 aliphatic rings. The minimum atomic E-state index is -0.499. The number of aromatic amines is 1. The van der Waals surface area contributed by atoms with Crippen LogP contribution in [0.2, 0.25) is 0 Å². The molecule has 6 rings (SSSR count). The Morgan fingerprint density at radius 2 is 1.54 bits per heavy atom. The number of allylic oxidation sites excluding steroid dienone is 1. The smallest absolute Gasteiger partial charge is 0.242 e. The summed E-state index contributed by atoms with van der Waals surface area (Å²) in [6.45, 7) is 13.5. The van der Waals surface area contributed by atoms with Gasteiger partial charge >= 0.3 is 0 Å². The SMILES string of the molecule is CC/C(=C\N=C(C)C1CCCN1C(=O)CNC(=O)C1CC1)c1ccc(Oc2ccc(-c3cnc(CCCCNC(=O)C(NC(=O)C4CC4)C(C)C)[nH]3)cc2)cc1.CCC. The number of benzene rings is 2. The number of nitrogens with zero attached hydrogens (tertiary/aromatic N) is 3. The van der Waals surface area contributed by atoms with Crippen LogP contribution in [0.4, 0.5) is 0 Å². The first-order valence-electron chi connectivity index (χ1n) is 21.8. The van der Waals surface area contributed by atoms with Crippen molar-refractivity contribution < 1.29 is 23.9 Å². The fraction of sp³-hybridized carbons (Fsp3) is 0.532. The van der Waals surface area contributed by atoms with Crippen LogP contribution < -0.4 is 20.7 Å². The summed E-state index contributed by atoms with van der Waals surface area (Å²) in [7, 11) is 0. The van der Waals surface area contributed by atoms with Crippen LogP contribution in [0.5, 0.6) is 11.5 Å². The molecule has 3 fully saturated rings. The number of carbonyl (C=O) groups is 4. The lowest BCUT2D eigenvalue weighted by Gasteiger charge is -2.24. The third-order valence-electron chi connectivity index (χ3n) is 10.8. The highest BCUT2D eigenvalue weighted by Gasteiger charge is 2.34. The molecule has 3 aromatic rings. The van der Waals surface area contributed by atoms with Gasteiger partial charge in [0.25, 0.3) is 0 Å². The van der Waals surface area contributed by atoms with Gasteiger partial charge in [0.1, 0.15) is 23.4 Å². The first-order chi connectivity index (χ1) is 28.5. The molecule has 1 aromatic heterocycles. The number of hydrogen-bond acceptors (Lipinski definition) is 7. The molecule has 12 heteroatoms. The number of aromatic nitrogens is 2. The molecule has 2 atom stereocenters. The van der Waals surface area contributed by atoms with Crippen molar-refractivity contribution in [2.45, 2.75) is 124 Å². The molecule has 2 heterocycles. The maximum absolute atomic E-state index is 12.9. The predicted molar refractivity (Wildman–Crippen MR) is 234 cm³/mol. The molecule has 12 nitrogen and oxygen atoms in total. The summed E-state index contributed by atoms with van der Waals surface area (Å²) < 4.78 is 6.16. The Kier molecular flexibility index (Phi) is 16.9. The fourth-order valence-electron chi connectivity index (χ4n) is 6.99. The zero-order valence-electron chi connectivity index (χ0n) is 35.9. The quantitative estimate of drug-likeness (QED) is 0.0710. The zero-order valence-corrected chi connectivity index (χ0v) is 35.9. The summed E-state index contributed by atoms with van der Waals surface area (Å²) in [4.78, 5) is 64.4. The van der Waals surface area contributed by atoms with Crippen LogP contribution in [0.15, 0.2) is 65.9 Å². The predicted octanol–water partition coefficient (Wildman–Crippen LogP) is 8.00. The highest BCUT2D eigenvalue weighted by molar-refractivity contribution is 5.94. The van der Waals surface area contributed by atoms with Gasteiger partial charge in [-0.25, -0.2) is 4.98 Å². The van der Waals surface area contributed by atoms with E-state index in [2.05, 4.69) is 46.7 Å². The van der Waals surface area contributed by atoms with Crippen LogP contribution >= 0.6 is 0 Å². The van der Waals surface area contributed by atoms with Gasteiger partial charge in [0.05, 0.1) is 24.5 Å². The first-order valence-corrected chi connectivity index (χ1v) is 21.8. The Morgan fingerprint density at radius 3 is 2.17 bits per heavy atom. The number of unbranched alkanes of at least 4 members (excludes halogenated alkanes) is 1. The van der Waals surface area contributed by atoms with Gasteiger partial charge in [-0.1, -0.05) is 53.2 Å². The Labute approximate surface area is 350 Å². The maximum atomic E-state index is 12.9. The zero-order chi connectivity index (χ0) is 42.3. The van der Waals surface area contributed by atoms with Gasteiger partial charge in [-0.3, -0.25) is 24.2 Å². The number of likely N-dealkylation sites (tertiary alicyclic amines) is 1. The van der Waals surface area contributed by atoms with E-state index >= 15 is 0 Å². The highest BCUT2D eigenvalue weighted by atomic mass is 16.5. The van der Waals surface area contributed by atoms with Gasteiger partial charge < -0.3 is 30.6 Å². The average Bonchev–Trinajstić information content (AvgIpc) is 4.17. The topological polar surface area (TPSA) is 158 Å². The van der Waals surface area contributed by atoms with Gasteiger partial charge in [0.2, 0.25) is 23.6 Å². The van der Waals surface area contributed by atoms with E-state index in [0.717, 1.165) is 110 Å². The van der Waals surface area contributed by atoms with Crippen LogP contribution in [0.1, 0.15) is 117 Å². The summed E-state index contributed by atoms with van der Waals surface area (Å²) in [6.07, 6.45) is 13.7. The average molecular weight is 808 g/mol. The normalized spacial score (nSPS) is 17.2. The lowest BCUT2D eigenvalue weighted by molar-refractivity contribution is -0.133. The van der Waals surface area contributed by atoms with Crippen molar-refractivity contribution in [1.82, 2.24) is 30.8 Å². The fourth-order valence-corrected chi connectivity index (χ4v) is 6.99. The van der Waals surface area contributed by atoms with Crippen molar-refractivity contribution in [3.05, 3.63) is 72.3 Å². The Morgan fingerprint density at radius 1 is 0.898 bits per heavy atom. The summed E-state index contributed by atoms with van der Waals surface area (Å²) in [5, 5.41) is 8.70. The van der Waals surface area contributed by atoms with Crippen molar-refractivity contribution in [1.29, 1.82) is 0 Å². The van der Waals surface area contributed by atoms with E-state index in [1.807, 2.05) is 86.6 Å². The number of rotatable bonds is 19.